The summed E-state index contributed by atoms with van der Waals surface area (Å²) in [6.45, 7) is 5.48. The Kier molecular flexibility index (Phi) is 5.33. The molecule has 0 atom stereocenters. The minimum absolute atomic E-state index is 0.316. The molecule has 1 heterocycles. The van der Waals surface area contributed by atoms with Gasteiger partial charge in [-0.15, -0.1) is 0 Å². The van der Waals surface area contributed by atoms with Crippen LogP contribution in [0, 0.1) is 19.7 Å². The van der Waals surface area contributed by atoms with Gasteiger partial charge in [0.1, 0.15) is 11.5 Å². The van der Waals surface area contributed by atoms with Crippen LogP contribution < -0.4 is 5.32 Å². The van der Waals surface area contributed by atoms with Gasteiger partial charge in [0.05, 0.1) is 23.0 Å². The van der Waals surface area contributed by atoms with Crippen LogP contribution in [0.1, 0.15) is 17.0 Å². The number of para-hydroxylation sites is 1. The number of nitrogens with zero attached hydrogens (tertiary/aromatic N) is 2. The lowest BCUT2D eigenvalue weighted by Gasteiger charge is -2.13. The molecule has 0 bridgehead atoms. The molecule has 0 saturated heterocycles. The van der Waals surface area contributed by atoms with Crippen LogP contribution in [0.4, 0.5) is 4.39 Å². The number of halogens is 2. The summed E-state index contributed by atoms with van der Waals surface area (Å²) in [5.41, 5.74) is 2.69. The minimum atomic E-state index is -0.316. The van der Waals surface area contributed by atoms with Crippen molar-refractivity contribution in [2.24, 2.45) is 0 Å². The summed E-state index contributed by atoms with van der Waals surface area (Å²) < 4.78 is 20.8. The van der Waals surface area contributed by atoms with Gasteiger partial charge in [0.2, 0.25) is 0 Å². The third-order valence-electron chi connectivity index (χ3n) is 3.28. The first kappa shape index (κ1) is 15.9. The number of hydrogen-bond acceptors (Lipinski definition) is 3. The summed E-state index contributed by atoms with van der Waals surface area (Å²) in [5.74, 6) is -0.316. The minimum Gasteiger partial charge on any atom is -0.383 e. The Morgan fingerprint density at radius 3 is 2.76 bits per heavy atom. The van der Waals surface area contributed by atoms with E-state index in [1.165, 1.54) is 6.07 Å². The van der Waals surface area contributed by atoms with Crippen molar-refractivity contribution < 1.29 is 9.13 Å². The van der Waals surface area contributed by atoms with E-state index in [0.29, 0.717) is 36.1 Å². The molecule has 4 nitrogen and oxygen atoms in total. The van der Waals surface area contributed by atoms with Crippen molar-refractivity contribution in [3.05, 3.63) is 46.0 Å². The zero-order valence-electron chi connectivity index (χ0n) is 12.4. The Morgan fingerprint density at radius 1 is 1.38 bits per heavy atom. The molecule has 0 radical (unpaired) electrons. The van der Waals surface area contributed by atoms with E-state index in [4.69, 9.17) is 16.3 Å². The van der Waals surface area contributed by atoms with E-state index in [9.17, 15) is 4.39 Å². The molecule has 0 spiro atoms. The van der Waals surface area contributed by atoms with Gasteiger partial charge in [-0.1, -0.05) is 23.7 Å². The Hall–Kier alpha value is -1.43. The fourth-order valence-corrected chi connectivity index (χ4v) is 2.30. The fourth-order valence-electron chi connectivity index (χ4n) is 2.18. The van der Waals surface area contributed by atoms with Gasteiger partial charge in [0.25, 0.3) is 0 Å². The maximum atomic E-state index is 14.3. The molecule has 1 aromatic heterocycles. The van der Waals surface area contributed by atoms with Gasteiger partial charge in [0.15, 0.2) is 0 Å². The first-order valence-electron chi connectivity index (χ1n) is 6.75. The number of nitrogens with one attached hydrogen (secondary N) is 1. The lowest BCUT2D eigenvalue weighted by atomic mass is 10.1. The number of aryl methyl sites for hydroxylation is 1. The van der Waals surface area contributed by atoms with Crippen molar-refractivity contribution >= 4 is 11.6 Å². The molecule has 2 rings (SSSR count). The molecule has 21 heavy (non-hydrogen) atoms. The highest BCUT2D eigenvalue weighted by Crippen LogP contribution is 2.26. The molecule has 1 aromatic carbocycles. The fraction of sp³-hybridized carbons (Fsp3) is 0.400. The number of ether oxygens (including phenoxy) is 1. The van der Waals surface area contributed by atoms with Gasteiger partial charge in [-0.25, -0.2) is 9.07 Å². The van der Waals surface area contributed by atoms with Crippen LogP contribution in [-0.4, -0.2) is 30.0 Å². The SMILES string of the molecule is COCCNCc1cccc(F)c1-n1nc(C)c(Cl)c1C. The predicted molar refractivity (Wildman–Crippen MR) is 81.6 cm³/mol. The van der Waals surface area contributed by atoms with E-state index in [1.54, 1.807) is 17.9 Å². The molecule has 0 aliphatic rings. The largest absolute Gasteiger partial charge is 0.383 e. The van der Waals surface area contributed by atoms with Gasteiger partial charge < -0.3 is 10.1 Å². The number of hydrogen-bond donors (Lipinski definition) is 1. The smallest absolute Gasteiger partial charge is 0.149 e. The van der Waals surface area contributed by atoms with E-state index in [0.717, 1.165) is 11.3 Å². The van der Waals surface area contributed by atoms with Crippen LogP contribution >= 0.6 is 11.6 Å². The van der Waals surface area contributed by atoms with Crippen molar-refractivity contribution in [2.75, 3.05) is 20.3 Å². The molecule has 0 aliphatic carbocycles. The number of aromatic nitrogens is 2. The first-order valence-corrected chi connectivity index (χ1v) is 7.13. The molecular formula is C15H19ClFN3O. The van der Waals surface area contributed by atoms with Gasteiger partial charge in [-0.3, -0.25) is 0 Å². The molecular weight excluding hydrogens is 293 g/mol. The summed E-state index contributed by atoms with van der Waals surface area (Å²) in [6.07, 6.45) is 0. The molecule has 0 amide bonds. The topological polar surface area (TPSA) is 39.1 Å². The van der Waals surface area contributed by atoms with Crippen LogP contribution in [0.3, 0.4) is 0 Å². The van der Waals surface area contributed by atoms with E-state index >= 15 is 0 Å². The average molecular weight is 312 g/mol. The maximum Gasteiger partial charge on any atom is 0.149 e. The molecule has 2 aromatic rings. The quantitative estimate of drug-likeness (QED) is 0.834. The highest BCUT2D eigenvalue weighted by Gasteiger charge is 2.17. The Bertz CT molecular complexity index is 628. The predicted octanol–water partition coefficient (Wildman–Crippen LogP) is 3.02. The first-order chi connectivity index (χ1) is 10.1. The molecule has 1 N–H and O–H groups in total. The van der Waals surface area contributed by atoms with Crippen molar-refractivity contribution in [2.45, 2.75) is 20.4 Å². The number of benzene rings is 1. The van der Waals surface area contributed by atoms with Crippen LogP contribution in [-0.2, 0) is 11.3 Å². The van der Waals surface area contributed by atoms with Gasteiger partial charge in [0, 0.05) is 20.2 Å². The van der Waals surface area contributed by atoms with Crippen molar-refractivity contribution in [1.29, 1.82) is 0 Å². The van der Waals surface area contributed by atoms with Gasteiger partial charge in [-0.2, -0.15) is 5.10 Å². The van der Waals surface area contributed by atoms with Crippen molar-refractivity contribution in [1.82, 2.24) is 15.1 Å². The van der Waals surface area contributed by atoms with E-state index in [2.05, 4.69) is 10.4 Å². The van der Waals surface area contributed by atoms with Crippen LogP contribution in [0.5, 0.6) is 0 Å². The lowest BCUT2D eigenvalue weighted by molar-refractivity contribution is 0.199. The van der Waals surface area contributed by atoms with Crippen LogP contribution in [0.25, 0.3) is 5.69 Å². The second-order valence-electron chi connectivity index (χ2n) is 4.81. The molecule has 0 aliphatic heterocycles. The number of methoxy groups -OCH3 is 1. The summed E-state index contributed by atoms with van der Waals surface area (Å²) in [4.78, 5) is 0. The monoisotopic (exact) mass is 311 g/mol. The zero-order valence-corrected chi connectivity index (χ0v) is 13.2. The second kappa shape index (κ2) is 7.02. The molecule has 0 saturated carbocycles. The van der Waals surface area contributed by atoms with Crippen molar-refractivity contribution in [3.63, 3.8) is 0 Å². The van der Waals surface area contributed by atoms with E-state index in [1.807, 2.05) is 19.9 Å². The summed E-state index contributed by atoms with van der Waals surface area (Å²) in [5, 5.41) is 8.12. The third kappa shape index (κ3) is 3.43. The summed E-state index contributed by atoms with van der Waals surface area (Å²) >= 11 is 6.16. The second-order valence-corrected chi connectivity index (χ2v) is 5.19. The van der Waals surface area contributed by atoms with Crippen LogP contribution in [0.15, 0.2) is 18.2 Å². The zero-order chi connectivity index (χ0) is 15.4. The van der Waals surface area contributed by atoms with Crippen LogP contribution in [0.2, 0.25) is 5.02 Å². The molecule has 114 valence electrons. The Balaban J connectivity index is 2.35. The Labute approximate surface area is 128 Å². The highest BCUT2D eigenvalue weighted by atomic mass is 35.5. The molecule has 6 heteroatoms. The molecule has 0 unspecified atom stereocenters. The third-order valence-corrected chi connectivity index (χ3v) is 3.83. The standard InChI is InChI=1S/C15H19ClFN3O/c1-10-14(16)11(2)20(19-10)15-12(5-4-6-13(15)17)9-18-7-8-21-3/h4-6,18H,7-9H2,1-3H3. The summed E-state index contributed by atoms with van der Waals surface area (Å²) in [6, 6.07) is 5.00. The average Bonchev–Trinajstić information content (AvgIpc) is 2.71. The lowest BCUT2D eigenvalue weighted by Crippen LogP contribution is -2.20. The van der Waals surface area contributed by atoms with E-state index in [-0.39, 0.29) is 5.82 Å². The summed E-state index contributed by atoms with van der Waals surface area (Å²) in [7, 11) is 1.65. The highest BCUT2D eigenvalue weighted by molar-refractivity contribution is 6.31. The maximum absolute atomic E-state index is 14.3. The normalized spacial score (nSPS) is 11.1. The molecule has 0 fully saturated rings. The van der Waals surface area contributed by atoms with Gasteiger partial charge in [-0.05, 0) is 25.5 Å². The Morgan fingerprint density at radius 2 is 2.14 bits per heavy atom. The van der Waals surface area contributed by atoms with E-state index < -0.39 is 0 Å². The number of rotatable bonds is 6. The van der Waals surface area contributed by atoms with Gasteiger partial charge >= 0.3 is 0 Å². The van der Waals surface area contributed by atoms with Crippen molar-refractivity contribution in [3.8, 4) is 5.69 Å².